The van der Waals surface area contributed by atoms with Crippen LogP contribution in [0.4, 0.5) is 0 Å². The molecular formula is C97H71N13. The lowest BCUT2D eigenvalue weighted by Gasteiger charge is -2.11. The first-order valence-electron chi connectivity index (χ1n) is 36.4. The molecule has 0 N–H and O–H groups in total. The summed E-state index contributed by atoms with van der Waals surface area (Å²) in [5.74, 6) is 6.62. The van der Waals surface area contributed by atoms with Crippen molar-refractivity contribution in [2.75, 3.05) is 0 Å². The van der Waals surface area contributed by atoms with Gasteiger partial charge in [0, 0.05) is 89.9 Å². The molecule has 0 aliphatic heterocycles. The van der Waals surface area contributed by atoms with Gasteiger partial charge >= 0.3 is 0 Å². The molecule has 6 aromatic heterocycles. The second-order valence-electron chi connectivity index (χ2n) is 26.5. The summed E-state index contributed by atoms with van der Waals surface area (Å²) >= 11 is 0. The zero-order valence-electron chi connectivity index (χ0n) is 60.9. The van der Waals surface area contributed by atoms with Crippen LogP contribution in [-0.2, 0) is 0 Å². The molecule has 0 bridgehead atoms. The second-order valence-corrected chi connectivity index (χ2v) is 26.5. The number of hydrogen-bond acceptors (Lipinski definition) is 13. The van der Waals surface area contributed by atoms with E-state index in [-0.39, 0.29) is 0 Å². The third-order valence-corrected chi connectivity index (χ3v) is 18.6. The van der Waals surface area contributed by atoms with Crippen LogP contribution >= 0.6 is 0 Å². The molecule has 12 aromatic carbocycles. The Balaban J connectivity index is 0.000000125. The summed E-state index contributed by atoms with van der Waals surface area (Å²) in [6.07, 6.45) is 1.84. The van der Waals surface area contributed by atoms with Gasteiger partial charge in [0.05, 0.1) is 11.2 Å². The van der Waals surface area contributed by atoms with Gasteiger partial charge in [0.2, 0.25) is 0 Å². The van der Waals surface area contributed by atoms with Crippen molar-refractivity contribution in [3.63, 3.8) is 0 Å². The molecule has 0 spiro atoms. The SMILES string of the molecule is Cc1cc(C)nc(-c2ccc(-c3cccc(-c4nc(-c5ccccc5)nc(-c5ccccc5)n4)c3)cc2)n1.Cc1ccc(-c2cccc(-c3nc(-c4ccccc4)nc(-c4ccccc4)n3)c2)c2cccnc12.Cc1cccc(-c2ccc(-c3ccc(-c4nc(-c5ccccc5)nc(-c5ccccc5)n4)cc3)cc2)n1. The Morgan fingerprint density at radius 1 is 0.173 bits per heavy atom. The van der Waals surface area contributed by atoms with E-state index >= 15 is 0 Å². The lowest BCUT2D eigenvalue weighted by Crippen LogP contribution is -2.00. The first-order chi connectivity index (χ1) is 54.1. The fraction of sp³-hybridized carbons (Fsp3) is 0.0412. The van der Waals surface area contributed by atoms with Crippen LogP contribution in [0, 0.1) is 27.7 Å². The van der Waals surface area contributed by atoms with Crippen LogP contribution in [0.2, 0.25) is 0 Å². The van der Waals surface area contributed by atoms with Crippen LogP contribution in [0.5, 0.6) is 0 Å². The summed E-state index contributed by atoms with van der Waals surface area (Å²) < 4.78 is 0. The molecule has 18 aromatic rings. The van der Waals surface area contributed by atoms with Gasteiger partial charge in [-0.25, -0.2) is 54.8 Å². The van der Waals surface area contributed by atoms with Crippen molar-refractivity contribution in [3.8, 4) is 159 Å². The van der Waals surface area contributed by atoms with Crippen LogP contribution < -0.4 is 0 Å². The zero-order chi connectivity index (χ0) is 74.5. The Hall–Kier alpha value is -14.7. The average Bonchev–Trinajstić information content (AvgIpc) is 0.793. The van der Waals surface area contributed by atoms with E-state index in [4.69, 9.17) is 44.9 Å². The molecule has 0 saturated heterocycles. The molecule has 524 valence electrons. The maximum atomic E-state index is 4.88. The summed E-state index contributed by atoms with van der Waals surface area (Å²) in [6.45, 7) is 8.09. The highest BCUT2D eigenvalue weighted by molar-refractivity contribution is 5.97. The van der Waals surface area contributed by atoms with Crippen LogP contribution in [0.3, 0.4) is 0 Å². The Labute approximate surface area is 638 Å². The maximum absolute atomic E-state index is 4.88. The zero-order valence-corrected chi connectivity index (χ0v) is 60.9. The summed E-state index contributed by atoms with van der Waals surface area (Å²) in [6, 6.07) is 119. The number of aromatic nitrogens is 13. The van der Waals surface area contributed by atoms with Gasteiger partial charge in [-0.2, -0.15) is 0 Å². The molecule has 0 aliphatic carbocycles. The van der Waals surface area contributed by atoms with Crippen molar-refractivity contribution < 1.29 is 0 Å². The van der Waals surface area contributed by atoms with E-state index in [1.54, 1.807) is 0 Å². The summed E-state index contributed by atoms with van der Waals surface area (Å²) in [7, 11) is 0. The van der Waals surface area contributed by atoms with Crippen molar-refractivity contribution in [2.24, 2.45) is 0 Å². The highest BCUT2D eigenvalue weighted by atomic mass is 15.1. The molecule has 0 atom stereocenters. The molecule has 6 heterocycles. The van der Waals surface area contributed by atoms with E-state index in [0.717, 1.165) is 140 Å². The van der Waals surface area contributed by atoms with Gasteiger partial charge in [-0.3, -0.25) is 9.97 Å². The highest BCUT2D eigenvalue weighted by Gasteiger charge is 2.18. The van der Waals surface area contributed by atoms with Gasteiger partial charge in [0.1, 0.15) is 0 Å². The van der Waals surface area contributed by atoms with Crippen LogP contribution in [0.25, 0.3) is 169 Å². The van der Waals surface area contributed by atoms with E-state index < -0.39 is 0 Å². The Morgan fingerprint density at radius 2 is 0.464 bits per heavy atom. The normalized spacial score (nSPS) is 10.9. The lowest BCUT2D eigenvalue weighted by molar-refractivity contribution is 1.06. The predicted octanol–water partition coefficient (Wildman–Crippen LogP) is 22.9. The Morgan fingerprint density at radius 3 is 0.845 bits per heavy atom. The van der Waals surface area contributed by atoms with Crippen molar-refractivity contribution in [3.05, 3.63) is 381 Å². The van der Waals surface area contributed by atoms with E-state index in [2.05, 4.69) is 154 Å². The number of fused-ring (bicyclic) bond motifs is 1. The number of aryl methyl sites for hydroxylation is 4. The van der Waals surface area contributed by atoms with Gasteiger partial charge in [0.25, 0.3) is 0 Å². The topological polar surface area (TPSA) is 168 Å². The van der Waals surface area contributed by atoms with Gasteiger partial charge in [-0.05, 0) is 103 Å². The van der Waals surface area contributed by atoms with E-state index in [1.165, 1.54) is 0 Å². The Kier molecular flexibility index (Phi) is 20.5. The summed E-state index contributed by atoms with van der Waals surface area (Å²) in [5, 5.41) is 1.13. The third kappa shape index (κ3) is 16.2. The molecule has 13 heteroatoms. The van der Waals surface area contributed by atoms with E-state index in [1.807, 2.05) is 251 Å². The number of rotatable bonds is 14. The van der Waals surface area contributed by atoms with Crippen molar-refractivity contribution in [2.45, 2.75) is 27.7 Å². The van der Waals surface area contributed by atoms with Gasteiger partial charge in [0.15, 0.2) is 58.2 Å². The standard InChI is InChI=1S/C33H25N5.C33H24N4.C31H22N4/c1-22-20-23(2)35-30(34-22)27-18-16-24(17-19-27)28-14-9-15-29(21-28)33-37-31(25-10-5-3-6-11-25)36-32(38-33)26-12-7-4-8-13-26;1-23-9-8-14-30(34-23)26-19-15-24(16-20-26)25-17-21-29(22-18-25)33-36-31(27-10-4-2-5-11-27)35-32(37-33)28-12-6-3-7-13-28;1-21-17-18-26(27-16-9-19-32-28(21)27)24-14-8-15-25(20-24)31-34-29(22-10-4-2-5-11-22)33-30(35-31)23-12-6-3-7-13-23/h3-21H,1-2H3;2-22H,1H3;2-20H,1H3. The number of pyridine rings is 2. The molecule has 110 heavy (non-hydrogen) atoms. The van der Waals surface area contributed by atoms with Crippen molar-refractivity contribution in [1.82, 2.24) is 64.8 Å². The molecule has 13 nitrogen and oxygen atoms in total. The minimum Gasteiger partial charge on any atom is -0.256 e. The van der Waals surface area contributed by atoms with Crippen molar-refractivity contribution in [1.29, 1.82) is 0 Å². The fourth-order valence-corrected chi connectivity index (χ4v) is 13.1. The van der Waals surface area contributed by atoms with Crippen LogP contribution in [-0.4, -0.2) is 64.8 Å². The molecule has 18 rings (SSSR count). The van der Waals surface area contributed by atoms with E-state index in [0.29, 0.717) is 52.4 Å². The molecule has 0 unspecified atom stereocenters. The van der Waals surface area contributed by atoms with Crippen molar-refractivity contribution >= 4 is 10.9 Å². The molecule has 0 fully saturated rings. The number of nitrogens with zero attached hydrogens (tertiary/aromatic N) is 13. The van der Waals surface area contributed by atoms with Gasteiger partial charge < -0.3 is 0 Å². The summed E-state index contributed by atoms with van der Waals surface area (Å²) in [5.41, 5.74) is 23.5. The third-order valence-electron chi connectivity index (χ3n) is 18.6. The summed E-state index contributed by atoms with van der Waals surface area (Å²) in [4.78, 5) is 61.9. The van der Waals surface area contributed by atoms with Gasteiger partial charge in [-0.15, -0.1) is 0 Å². The van der Waals surface area contributed by atoms with Crippen LogP contribution in [0.1, 0.15) is 22.6 Å². The number of benzene rings is 12. The molecule has 0 amide bonds. The van der Waals surface area contributed by atoms with E-state index in [9.17, 15) is 0 Å². The molecular weight excluding hydrogens is 1350 g/mol. The first-order valence-corrected chi connectivity index (χ1v) is 36.4. The lowest BCUT2D eigenvalue weighted by atomic mass is 9.97. The minimum atomic E-state index is 0.639. The Bertz CT molecular complexity index is 6020. The smallest absolute Gasteiger partial charge is 0.164 e. The quantitative estimate of drug-likeness (QED) is 0.101. The fourth-order valence-electron chi connectivity index (χ4n) is 13.1. The van der Waals surface area contributed by atoms with Crippen LogP contribution in [0.15, 0.2) is 358 Å². The highest BCUT2D eigenvalue weighted by Crippen LogP contribution is 2.36. The largest absolute Gasteiger partial charge is 0.256 e. The molecule has 0 saturated carbocycles. The minimum absolute atomic E-state index is 0.639. The van der Waals surface area contributed by atoms with Gasteiger partial charge in [-0.1, -0.05) is 315 Å². The monoisotopic (exact) mass is 1420 g/mol. The number of hydrogen-bond donors (Lipinski definition) is 0. The maximum Gasteiger partial charge on any atom is 0.164 e. The predicted molar refractivity (Wildman–Crippen MR) is 443 cm³/mol. The molecule has 0 aliphatic rings. The average molecular weight is 1420 g/mol. The molecule has 0 radical (unpaired) electrons. The first kappa shape index (κ1) is 69.7. The second kappa shape index (κ2) is 32.4.